The Labute approximate surface area is 234 Å². The van der Waals surface area contributed by atoms with Crippen LogP contribution in [0, 0.1) is 0 Å². The van der Waals surface area contributed by atoms with Crippen molar-refractivity contribution in [3.05, 3.63) is 59.1 Å². The zero-order chi connectivity index (χ0) is 31.0. The predicted molar refractivity (Wildman–Crippen MR) is 133 cm³/mol. The minimum Gasteiger partial charge on any atom is -0.489 e. The first-order valence-electron chi connectivity index (χ1n) is 12.6. The number of hydrogen-bond acceptors (Lipinski definition) is 6. The number of amides is 2. The number of benzene rings is 1. The predicted octanol–water partition coefficient (Wildman–Crippen LogP) is 6.74. The SMILES string of the molecule is CC(C)(C)OC(=O)N1CCC(NC(=O)c2c(C(F)F)oc3ccc(OCc4cccnc4C(F)(F)F)cc23)C(F)(F)C1. The molecule has 1 N–H and O–H groups in total. The number of ether oxygens (including phenoxy) is 2. The van der Waals surface area contributed by atoms with E-state index in [1.54, 1.807) is 20.8 Å². The summed E-state index contributed by atoms with van der Waals surface area (Å²) in [5, 5.41) is 1.85. The van der Waals surface area contributed by atoms with E-state index >= 15 is 0 Å². The Morgan fingerprint density at radius 2 is 1.90 bits per heavy atom. The zero-order valence-corrected chi connectivity index (χ0v) is 22.5. The van der Waals surface area contributed by atoms with Gasteiger partial charge in [-0.2, -0.15) is 13.2 Å². The Hall–Kier alpha value is -4.04. The van der Waals surface area contributed by atoms with Crippen LogP contribution in [0.2, 0.25) is 0 Å². The fraction of sp³-hybridized carbons (Fsp3) is 0.444. The molecule has 2 aromatic heterocycles. The van der Waals surface area contributed by atoms with Crippen molar-refractivity contribution in [2.75, 3.05) is 13.1 Å². The second-order valence-corrected chi connectivity index (χ2v) is 10.6. The molecule has 15 heteroatoms. The minimum absolute atomic E-state index is 0.105. The molecule has 0 bridgehead atoms. The van der Waals surface area contributed by atoms with Crippen molar-refractivity contribution < 1.29 is 54.2 Å². The number of aromatic nitrogens is 1. The van der Waals surface area contributed by atoms with E-state index in [0.717, 1.165) is 29.3 Å². The number of carbonyl (C=O) groups is 2. The molecule has 228 valence electrons. The molecule has 1 aromatic carbocycles. The standard InChI is InChI=1S/C27H26F7N3O5/c1-25(2,3)42-24(39)37-10-8-18(26(30,31)13-37)36-23(38)19-16-11-15(6-7-17(16)41-20(19)22(28)29)40-12-14-5-4-9-35-21(14)27(32,33)34/h4-7,9,11,18,22H,8,10,12-13H2,1-3H3,(H,36,38). The van der Waals surface area contributed by atoms with Crippen molar-refractivity contribution >= 4 is 23.0 Å². The second kappa shape index (κ2) is 11.3. The van der Waals surface area contributed by atoms with Crippen LogP contribution in [0.3, 0.4) is 0 Å². The number of carbonyl (C=O) groups excluding carboxylic acids is 2. The largest absolute Gasteiger partial charge is 0.489 e. The number of nitrogens with zero attached hydrogens (tertiary/aromatic N) is 2. The maximum atomic E-state index is 15.0. The number of fused-ring (bicyclic) bond motifs is 1. The second-order valence-electron chi connectivity index (χ2n) is 10.6. The molecule has 3 aromatic rings. The van der Waals surface area contributed by atoms with Crippen LogP contribution in [0.4, 0.5) is 35.5 Å². The molecule has 0 radical (unpaired) electrons. The summed E-state index contributed by atoms with van der Waals surface area (Å²) in [4.78, 5) is 29.5. The van der Waals surface area contributed by atoms with Crippen molar-refractivity contribution in [2.45, 2.75) is 64.0 Å². The van der Waals surface area contributed by atoms with Crippen LogP contribution in [0.15, 0.2) is 40.9 Å². The molecule has 0 saturated carbocycles. The molecule has 8 nitrogen and oxygen atoms in total. The Morgan fingerprint density at radius 3 is 2.52 bits per heavy atom. The van der Waals surface area contributed by atoms with Gasteiger partial charge in [0.15, 0.2) is 11.5 Å². The van der Waals surface area contributed by atoms with Crippen LogP contribution in [-0.4, -0.2) is 52.5 Å². The first kappa shape index (κ1) is 30.9. The maximum absolute atomic E-state index is 15.0. The van der Waals surface area contributed by atoms with Crippen molar-refractivity contribution in [1.29, 1.82) is 0 Å². The van der Waals surface area contributed by atoms with Gasteiger partial charge in [-0.05, 0) is 51.5 Å². The van der Waals surface area contributed by atoms with Crippen LogP contribution in [0.1, 0.15) is 61.0 Å². The first-order valence-corrected chi connectivity index (χ1v) is 12.6. The van der Waals surface area contributed by atoms with Gasteiger partial charge in [0.2, 0.25) is 0 Å². The topological polar surface area (TPSA) is 93.9 Å². The number of nitrogens with one attached hydrogen (secondary N) is 1. The molecule has 1 saturated heterocycles. The van der Waals surface area contributed by atoms with Gasteiger partial charge in [-0.15, -0.1) is 0 Å². The van der Waals surface area contributed by atoms with E-state index in [1.165, 1.54) is 12.1 Å². The minimum atomic E-state index is -4.75. The van der Waals surface area contributed by atoms with Crippen molar-refractivity contribution in [1.82, 2.24) is 15.2 Å². The molecule has 1 fully saturated rings. The van der Waals surface area contributed by atoms with Crippen LogP contribution in [0.25, 0.3) is 11.0 Å². The smallest absolute Gasteiger partial charge is 0.433 e. The van der Waals surface area contributed by atoms with Gasteiger partial charge in [0.05, 0.1) is 18.2 Å². The van der Waals surface area contributed by atoms with Gasteiger partial charge >= 0.3 is 12.3 Å². The number of alkyl halides is 7. The highest BCUT2D eigenvalue weighted by Gasteiger charge is 2.48. The van der Waals surface area contributed by atoms with E-state index in [-0.39, 0.29) is 28.8 Å². The summed E-state index contributed by atoms with van der Waals surface area (Å²) in [6.45, 7) is 2.84. The van der Waals surface area contributed by atoms with E-state index < -0.39 is 78.8 Å². The maximum Gasteiger partial charge on any atom is 0.433 e. The number of halogens is 7. The van der Waals surface area contributed by atoms with Crippen LogP contribution < -0.4 is 10.1 Å². The average Bonchev–Trinajstić information content (AvgIpc) is 3.26. The van der Waals surface area contributed by atoms with Crippen molar-refractivity contribution in [3.63, 3.8) is 0 Å². The van der Waals surface area contributed by atoms with E-state index in [0.29, 0.717) is 0 Å². The third kappa shape index (κ3) is 6.87. The summed E-state index contributed by atoms with van der Waals surface area (Å²) >= 11 is 0. The fourth-order valence-corrected chi connectivity index (χ4v) is 4.38. The molecular formula is C27H26F7N3O5. The Bertz CT molecular complexity index is 1470. The van der Waals surface area contributed by atoms with Crippen molar-refractivity contribution in [2.24, 2.45) is 0 Å². The summed E-state index contributed by atoms with van der Waals surface area (Å²) < 4.78 is 113. The Morgan fingerprint density at radius 1 is 1.19 bits per heavy atom. The highest BCUT2D eigenvalue weighted by Crippen LogP contribution is 2.37. The lowest BCUT2D eigenvalue weighted by Crippen LogP contribution is -2.59. The summed E-state index contributed by atoms with van der Waals surface area (Å²) in [7, 11) is 0. The van der Waals surface area contributed by atoms with Crippen molar-refractivity contribution in [3.8, 4) is 5.75 Å². The van der Waals surface area contributed by atoms with Gasteiger partial charge in [0, 0.05) is 23.7 Å². The highest BCUT2D eigenvalue weighted by atomic mass is 19.4. The van der Waals surface area contributed by atoms with E-state index in [4.69, 9.17) is 13.9 Å². The van der Waals surface area contributed by atoms with Gasteiger partial charge in [-0.25, -0.2) is 22.4 Å². The van der Waals surface area contributed by atoms with Gasteiger partial charge in [0.25, 0.3) is 18.3 Å². The lowest BCUT2D eigenvalue weighted by Gasteiger charge is -2.38. The van der Waals surface area contributed by atoms with Crippen LogP contribution >= 0.6 is 0 Å². The lowest BCUT2D eigenvalue weighted by molar-refractivity contribution is -0.142. The fourth-order valence-electron chi connectivity index (χ4n) is 4.38. The molecule has 0 spiro atoms. The monoisotopic (exact) mass is 605 g/mol. The van der Waals surface area contributed by atoms with Crippen LogP contribution in [-0.2, 0) is 17.5 Å². The molecule has 0 aliphatic carbocycles. The summed E-state index contributed by atoms with van der Waals surface area (Å²) in [5.74, 6) is -6.11. The van der Waals surface area contributed by atoms with E-state index in [1.807, 2.05) is 0 Å². The van der Waals surface area contributed by atoms with Gasteiger partial charge in [0.1, 0.15) is 23.5 Å². The highest BCUT2D eigenvalue weighted by molar-refractivity contribution is 6.07. The normalized spacial score (nSPS) is 17.4. The van der Waals surface area contributed by atoms with Gasteiger partial charge in [-0.3, -0.25) is 9.78 Å². The molecule has 42 heavy (non-hydrogen) atoms. The molecule has 2 amide bonds. The Kier molecular flexibility index (Phi) is 8.33. The van der Waals surface area contributed by atoms with Crippen LogP contribution in [0.5, 0.6) is 5.75 Å². The third-order valence-electron chi connectivity index (χ3n) is 6.22. The number of piperidine rings is 1. The Balaban J connectivity index is 1.56. The first-order chi connectivity index (χ1) is 19.5. The number of rotatable bonds is 6. The molecule has 3 heterocycles. The number of likely N-dealkylation sites (tertiary alicyclic amines) is 1. The zero-order valence-electron chi connectivity index (χ0n) is 22.5. The number of hydrogen-bond donors (Lipinski definition) is 1. The van der Waals surface area contributed by atoms with E-state index in [2.05, 4.69) is 10.3 Å². The molecule has 4 rings (SSSR count). The lowest BCUT2D eigenvalue weighted by atomic mass is 10.00. The average molecular weight is 606 g/mol. The van der Waals surface area contributed by atoms with E-state index in [9.17, 15) is 40.3 Å². The number of pyridine rings is 1. The third-order valence-corrected chi connectivity index (χ3v) is 6.22. The molecule has 1 unspecified atom stereocenters. The molecule has 1 atom stereocenters. The molecule has 1 aliphatic rings. The molecule has 1 aliphatic heterocycles. The molecular weight excluding hydrogens is 579 g/mol. The summed E-state index contributed by atoms with van der Waals surface area (Å²) in [6.07, 6.45) is -8.46. The van der Waals surface area contributed by atoms with Gasteiger partial charge < -0.3 is 24.1 Å². The summed E-state index contributed by atoms with van der Waals surface area (Å²) in [5.41, 5.74) is -3.33. The number of furan rings is 1. The van der Waals surface area contributed by atoms with Gasteiger partial charge in [-0.1, -0.05) is 6.07 Å². The summed E-state index contributed by atoms with van der Waals surface area (Å²) in [6, 6.07) is 4.09. The quantitative estimate of drug-likeness (QED) is 0.313.